The SMILES string of the molecule is COC(=O)C(=O)Nc1c(Cl)ncnc1NCc1ccc(OC)cc1OC. The lowest BCUT2D eigenvalue weighted by Crippen LogP contribution is -2.25. The van der Waals surface area contributed by atoms with Gasteiger partial charge in [-0.15, -0.1) is 0 Å². The highest BCUT2D eigenvalue weighted by atomic mass is 35.5. The first kappa shape index (κ1) is 19.3. The van der Waals surface area contributed by atoms with Gasteiger partial charge in [-0.3, -0.25) is 4.79 Å². The summed E-state index contributed by atoms with van der Waals surface area (Å²) in [6, 6.07) is 5.34. The first-order chi connectivity index (χ1) is 12.5. The maximum Gasteiger partial charge on any atom is 0.396 e. The smallest absolute Gasteiger partial charge is 0.396 e. The van der Waals surface area contributed by atoms with Gasteiger partial charge in [0.25, 0.3) is 0 Å². The molecule has 0 radical (unpaired) electrons. The molecule has 10 heteroatoms. The van der Waals surface area contributed by atoms with E-state index in [9.17, 15) is 9.59 Å². The summed E-state index contributed by atoms with van der Waals surface area (Å²) in [6.45, 7) is 0.307. The summed E-state index contributed by atoms with van der Waals surface area (Å²) in [5, 5.41) is 5.32. The van der Waals surface area contributed by atoms with Crippen LogP contribution in [0, 0.1) is 0 Å². The average molecular weight is 381 g/mol. The Morgan fingerprint density at radius 2 is 1.92 bits per heavy atom. The summed E-state index contributed by atoms with van der Waals surface area (Å²) in [6.07, 6.45) is 1.23. The van der Waals surface area contributed by atoms with Crippen LogP contribution in [0.2, 0.25) is 5.15 Å². The molecule has 9 nitrogen and oxygen atoms in total. The van der Waals surface area contributed by atoms with Crippen molar-refractivity contribution in [2.75, 3.05) is 32.0 Å². The molecule has 0 aliphatic carbocycles. The molecule has 0 saturated carbocycles. The maximum atomic E-state index is 11.7. The van der Waals surface area contributed by atoms with Crippen molar-refractivity contribution in [2.45, 2.75) is 6.54 Å². The Morgan fingerprint density at radius 3 is 2.58 bits per heavy atom. The third-order valence-electron chi connectivity index (χ3n) is 3.35. The van der Waals surface area contributed by atoms with Crippen LogP contribution in [-0.4, -0.2) is 43.2 Å². The van der Waals surface area contributed by atoms with E-state index in [1.165, 1.54) is 6.33 Å². The highest BCUT2D eigenvalue weighted by Crippen LogP contribution is 2.29. The number of esters is 1. The zero-order valence-electron chi connectivity index (χ0n) is 14.3. The molecule has 1 aromatic carbocycles. The minimum atomic E-state index is -1.06. The zero-order chi connectivity index (χ0) is 19.1. The van der Waals surface area contributed by atoms with Crippen LogP contribution in [0.4, 0.5) is 11.5 Å². The molecule has 1 heterocycles. The lowest BCUT2D eigenvalue weighted by atomic mass is 10.2. The quantitative estimate of drug-likeness (QED) is 0.444. The second-order valence-electron chi connectivity index (χ2n) is 4.87. The average Bonchev–Trinajstić information content (AvgIpc) is 2.67. The van der Waals surface area contributed by atoms with Gasteiger partial charge in [-0.05, 0) is 12.1 Å². The van der Waals surface area contributed by atoms with Gasteiger partial charge in [-0.1, -0.05) is 11.6 Å². The molecule has 0 aliphatic heterocycles. The summed E-state index contributed by atoms with van der Waals surface area (Å²) in [4.78, 5) is 30.9. The number of carbonyl (C=O) groups excluding carboxylic acids is 2. The van der Waals surface area contributed by atoms with Crippen LogP contribution in [0.25, 0.3) is 0 Å². The Labute approximate surface area is 154 Å². The Kier molecular flexibility index (Phi) is 6.56. The van der Waals surface area contributed by atoms with E-state index < -0.39 is 11.9 Å². The largest absolute Gasteiger partial charge is 0.497 e. The number of rotatable bonds is 6. The summed E-state index contributed by atoms with van der Waals surface area (Å²) in [7, 11) is 4.20. The van der Waals surface area contributed by atoms with Crippen LogP contribution in [0.3, 0.4) is 0 Å². The first-order valence-electron chi connectivity index (χ1n) is 7.34. The molecule has 2 N–H and O–H groups in total. The highest BCUT2D eigenvalue weighted by Gasteiger charge is 2.19. The van der Waals surface area contributed by atoms with Crippen molar-refractivity contribution in [2.24, 2.45) is 0 Å². The molecule has 0 unspecified atom stereocenters. The first-order valence-corrected chi connectivity index (χ1v) is 7.72. The van der Waals surface area contributed by atoms with Crippen molar-refractivity contribution in [3.05, 3.63) is 35.2 Å². The number of methoxy groups -OCH3 is 3. The van der Waals surface area contributed by atoms with Crippen LogP contribution in [0.5, 0.6) is 11.5 Å². The van der Waals surface area contributed by atoms with Crippen molar-refractivity contribution in [3.63, 3.8) is 0 Å². The molecular formula is C16H17ClN4O5. The third-order valence-corrected chi connectivity index (χ3v) is 3.64. The van der Waals surface area contributed by atoms with Gasteiger partial charge in [0.15, 0.2) is 11.0 Å². The van der Waals surface area contributed by atoms with Crippen molar-refractivity contribution in [1.29, 1.82) is 0 Å². The molecule has 0 bridgehead atoms. The van der Waals surface area contributed by atoms with Gasteiger partial charge < -0.3 is 24.8 Å². The molecule has 0 saturated heterocycles. The predicted octanol–water partition coefficient (Wildman–Crippen LogP) is 1.87. The van der Waals surface area contributed by atoms with Gasteiger partial charge in [-0.25, -0.2) is 14.8 Å². The Bertz CT molecular complexity index is 815. The van der Waals surface area contributed by atoms with Gasteiger partial charge in [-0.2, -0.15) is 0 Å². The fraction of sp³-hybridized carbons (Fsp3) is 0.250. The number of aromatic nitrogens is 2. The van der Waals surface area contributed by atoms with E-state index in [1.807, 2.05) is 6.07 Å². The molecular weight excluding hydrogens is 364 g/mol. The van der Waals surface area contributed by atoms with E-state index in [0.717, 1.165) is 12.7 Å². The van der Waals surface area contributed by atoms with Crippen molar-refractivity contribution in [1.82, 2.24) is 9.97 Å². The van der Waals surface area contributed by atoms with Gasteiger partial charge >= 0.3 is 11.9 Å². The number of nitrogens with zero attached hydrogens (tertiary/aromatic N) is 2. The lowest BCUT2D eigenvalue weighted by molar-refractivity contribution is -0.150. The minimum Gasteiger partial charge on any atom is -0.497 e. The lowest BCUT2D eigenvalue weighted by Gasteiger charge is -2.14. The number of hydrogen-bond donors (Lipinski definition) is 2. The van der Waals surface area contributed by atoms with Gasteiger partial charge in [0.2, 0.25) is 0 Å². The number of ether oxygens (including phenoxy) is 3. The molecule has 1 amide bonds. The van der Waals surface area contributed by atoms with E-state index in [4.69, 9.17) is 21.1 Å². The van der Waals surface area contributed by atoms with E-state index in [1.54, 1.807) is 26.4 Å². The Balaban J connectivity index is 2.21. The summed E-state index contributed by atoms with van der Waals surface area (Å²) < 4.78 is 14.8. The Hall–Kier alpha value is -3.07. The molecule has 2 aromatic rings. The number of halogens is 1. The second-order valence-corrected chi connectivity index (χ2v) is 5.22. The normalized spacial score (nSPS) is 10.0. The standard InChI is InChI=1S/C16H17ClN4O5/c1-24-10-5-4-9(11(6-10)25-2)7-18-14-12(13(17)19-8-20-14)21-15(22)16(23)26-3/h4-6,8H,7H2,1-3H3,(H,21,22)(H,18,19,20). The number of amides is 1. The fourth-order valence-corrected chi connectivity index (χ4v) is 2.22. The van der Waals surface area contributed by atoms with Crippen molar-refractivity contribution in [3.8, 4) is 11.5 Å². The van der Waals surface area contributed by atoms with Crippen molar-refractivity contribution >= 4 is 35.0 Å². The predicted molar refractivity (Wildman–Crippen MR) is 94.6 cm³/mol. The summed E-state index contributed by atoms with van der Waals surface area (Å²) in [5.41, 5.74) is 0.880. The van der Waals surface area contributed by atoms with Crippen molar-refractivity contribution < 1.29 is 23.8 Å². The highest BCUT2D eigenvalue weighted by molar-refractivity contribution is 6.40. The molecule has 138 valence electrons. The number of anilines is 2. The minimum absolute atomic E-state index is 0.0264. The molecule has 26 heavy (non-hydrogen) atoms. The van der Waals surface area contributed by atoms with E-state index >= 15 is 0 Å². The number of benzene rings is 1. The summed E-state index contributed by atoms with van der Waals surface area (Å²) >= 11 is 6.00. The molecule has 2 rings (SSSR count). The van der Waals surface area contributed by atoms with Crippen LogP contribution < -0.4 is 20.1 Å². The molecule has 1 aromatic heterocycles. The van der Waals surface area contributed by atoms with Crippen LogP contribution >= 0.6 is 11.6 Å². The Morgan fingerprint density at radius 1 is 1.15 bits per heavy atom. The summed E-state index contributed by atoms with van der Waals surface area (Å²) in [5.74, 6) is -0.555. The number of carbonyl (C=O) groups is 2. The van der Waals surface area contributed by atoms with Gasteiger partial charge in [0.05, 0.1) is 21.3 Å². The van der Waals surface area contributed by atoms with Crippen LogP contribution in [0.1, 0.15) is 5.56 Å². The zero-order valence-corrected chi connectivity index (χ0v) is 15.1. The monoisotopic (exact) mass is 380 g/mol. The fourth-order valence-electron chi connectivity index (χ4n) is 2.04. The van der Waals surface area contributed by atoms with Crippen LogP contribution in [-0.2, 0) is 20.9 Å². The van der Waals surface area contributed by atoms with Crippen LogP contribution in [0.15, 0.2) is 24.5 Å². The number of hydrogen-bond acceptors (Lipinski definition) is 8. The molecule has 0 spiro atoms. The topological polar surface area (TPSA) is 112 Å². The number of nitrogens with one attached hydrogen (secondary N) is 2. The maximum absolute atomic E-state index is 11.7. The van der Waals surface area contributed by atoms with E-state index in [0.29, 0.717) is 18.0 Å². The second kappa shape index (κ2) is 8.86. The van der Waals surface area contributed by atoms with Gasteiger partial charge in [0.1, 0.15) is 23.5 Å². The van der Waals surface area contributed by atoms with E-state index in [-0.39, 0.29) is 16.7 Å². The van der Waals surface area contributed by atoms with Gasteiger partial charge in [0, 0.05) is 18.2 Å². The van der Waals surface area contributed by atoms with E-state index in [2.05, 4.69) is 25.3 Å². The molecule has 0 fully saturated rings. The molecule has 0 aliphatic rings. The third kappa shape index (κ3) is 4.51. The molecule has 0 atom stereocenters.